The summed E-state index contributed by atoms with van der Waals surface area (Å²) in [6.07, 6.45) is 0.980. The number of carbonyl (C=O) groups excluding carboxylic acids is 1. The number of carboxylic acids is 1. The molecule has 108 valence electrons. The molecule has 0 unspecified atom stereocenters. The second kappa shape index (κ2) is 5.91. The zero-order valence-electron chi connectivity index (χ0n) is 10.9. The number of esters is 1. The van der Waals surface area contributed by atoms with Crippen molar-refractivity contribution in [2.75, 3.05) is 7.11 Å². The summed E-state index contributed by atoms with van der Waals surface area (Å²) in [6, 6.07) is 6.21. The van der Waals surface area contributed by atoms with E-state index in [1.165, 1.54) is 31.4 Å². The van der Waals surface area contributed by atoms with E-state index in [-0.39, 0.29) is 22.6 Å². The number of methoxy groups -OCH3 is 1. The summed E-state index contributed by atoms with van der Waals surface area (Å²) in [6.45, 7) is 0. The molecule has 0 saturated carbocycles. The Morgan fingerprint density at radius 2 is 1.95 bits per heavy atom. The van der Waals surface area contributed by atoms with E-state index in [0.29, 0.717) is 0 Å². The summed E-state index contributed by atoms with van der Waals surface area (Å²) < 4.78 is 14.5. The van der Waals surface area contributed by atoms with E-state index in [4.69, 9.17) is 14.6 Å². The number of carboxylic acid groups (broad SMARTS) is 1. The van der Waals surface area contributed by atoms with E-state index in [1.807, 2.05) is 0 Å². The molecule has 0 fully saturated rings. The fraction of sp³-hybridized carbons (Fsp3) is 0.0714. The molecule has 1 aromatic heterocycles. The second-order valence-electron chi connectivity index (χ2n) is 3.90. The van der Waals surface area contributed by atoms with Gasteiger partial charge in [0.05, 0.1) is 12.7 Å². The summed E-state index contributed by atoms with van der Waals surface area (Å²) >= 11 is 0. The zero-order chi connectivity index (χ0) is 15.4. The third-order valence-electron chi connectivity index (χ3n) is 2.55. The van der Waals surface area contributed by atoms with Crippen molar-refractivity contribution in [2.24, 2.45) is 0 Å². The van der Waals surface area contributed by atoms with Crippen LogP contribution in [0.1, 0.15) is 20.7 Å². The average Bonchev–Trinajstić information content (AvgIpc) is 2.47. The Bertz CT molecular complexity index is 725. The third-order valence-corrected chi connectivity index (χ3v) is 2.55. The van der Waals surface area contributed by atoms with Crippen LogP contribution in [0.3, 0.4) is 0 Å². The van der Waals surface area contributed by atoms with E-state index in [9.17, 15) is 14.4 Å². The highest BCUT2D eigenvalue weighted by Crippen LogP contribution is 2.25. The Hall–Kier alpha value is -3.09. The van der Waals surface area contributed by atoms with E-state index in [2.05, 4.69) is 4.42 Å². The molecule has 21 heavy (non-hydrogen) atoms. The molecule has 0 saturated heterocycles. The predicted molar refractivity (Wildman–Crippen MR) is 69.9 cm³/mol. The molecule has 1 N–H and O–H groups in total. The second-order valence-corrected chi connectivity index (χ2v) is 3.90. The van der Waals surface area contributed by atoms with Crippen LogP contribution in [0.15, 0.2) is 45.8 Å². The summed E-state index contributed by atoms with van der Waals surface area (Å²) in [4.78, 5) is 33.5. The number of rotatable bonds is 4. The van der Waals surface area contributed by atoms with Crippen molar-refractivity contribution >= 4 is 11.9 Å². The van der Waals surface area contributed by atoms with Gasteiger partial charge < -0.3 is 19.0 Å². The molecular weight excluding hydrogens is 280 g/mol. The van der Waals surface area contributed by atoms with Gasteiger partial charge in [0.15, 0.2) is 0 Å². The normalized spacial score (nSPS) is 9.95. The van der Waals surface area contributed by atoms with E-state index in [0.717, 1.165) is 12.3 Å². The lowest BCUT2D eigenvalue weighted by Crippen LogP contribution is -2.10. The molecule has 1 heterocycles. The van der Waals surface area contributed by atoms with Gasteiger partial charge in [0.2, 0.25) is 0 Å². The minimum atomic E-state index is -1.16. The number of hydrogen-bond acceptors (Lipinski definition) is 6. The maximum Gasteiger partial charge on any atom is 0.346 e. The standard InChI is InChI=1S/C14H10O7/c1-19-11-6-9(3-4-10(11)13(16)17)21-14(18)8-2-5-12(15)20-7-8/h2-7H,1H3,(H,16,17). The molecule has 0 spiro atoms. The van der Waals surface area contributed by atoms with Crippen LogP contribution < -0.4 is 15.1 Å². The summed E-state index contributed by atoms with van der Waals surface area (Å²) in [5, 5.41) is 8.94. The van der Waals surface area contributed by atoms with Crippen LogP contribution in [0, 0.1) is 0 Å². The monoisotopic (exact) mass is 290 g/mol. The molecule has 7 nitrogen and oxygen atoms in total. The van der Waals surface area contributed by atoms with Crippen LogP contribution in [0.25, 0.3) is 0 Å². The lowest BCUT2D eigenvalue weighted by atomic mass is 10.2. The number of ether oxygens (including phenoxy) is 2. The average molecular weight is 290 g/mol. The maximum absolute atomic E-state index is 11.8. The highest BCUT2D eigenvalue weighted by atomic mass is 16.5. The summed E-state index contributed by atoms with van der Waals surface area (Å²) in [5.74, 6) is -1.74. The fourth-order valence-corrected chi connectivity index (χ4v) is 1.55. The number of hydrogen-bond donors (Lipinski definition) is 1. The molecule has 1 aromatic carbocycles. The Morgan fingerprint density at radius 3 is 2.52 bits per heavy atom. The molecule has 0 aliphatic rings. The van der Waals surface area contributed by atoms with Crippen molar-refractivity contribution in [2.45, 2.75) is 0 Å². The Kier molecular flexibility index (Phi) is 4.03. The molecule has 7 heteroatoms. The van der Waals surface area contributed by atoms with Crippen LogP contribution in [-0.2, 0) is 0 Å². The fourth-order valence-electron chi connectivity index (χ4n) is 1.55. The van der Waals surface area contributed by atoms with Gasteiger partial charge in [0.25, 0.3) is 0 Å². The molecule has 0 amide bonds. The SMILES string of the molecule is COc1cc(OC(=O)c2ccc(=O)oc2)ccc1C(=O)O. The number of carbonyl (C=O) groups is 2. The highest BCUT2D eigenvalue weighted by Gasteiger charge is 2.14. The molecule has 0 radical (unpaired) electrons. The Morgan fingerprint density at radius 1 is 1.19 bits per heavy atom. The first kappa shape index (κ1) is 14.3. The zero-order valence-corrected chi connectivity index (χ0v) is 10.9. The van der Waals surface area contributed by atoms with Gasteiger partial charge in [0.1, 0.15) is 23.3 Å². The quantitative estimate of drug-likeness (QED) is 0.673. The van der Waals surface area contributed by atoms with Gasteiger partial charge in [-0.05, 0) is 18.2 Å². The van der Waals surface area contributed by atoms with Crippen LogP contribution in [-0.4, -0.2) is 24.2 Å². The number of benzene rings is 1. The van der Waals surface area contributed by atoms with Crippen molar-refractivity contribution < 1.29 is 28.6 Å². The lowest BCUT2D eigenvalue weighted by Gasteiger charge is -2.08. The summed E-state index contributed by atoms with van der Waals surface area (Å²) in [5.41, 5.74) is -0.585. The van der Waals surface area contributed by atoms with Gasteiger partial charge in [-0.1, -0.05) is 0 Å². The van der Waals surface area contributed by atoms with Gasteiger partial charge in [0, 0.05) is 12.1 Å². The molecule has 2 rings (SSSR count). The van der Waals surface area contributed by atoms with Gasteiger partial charge in [-0.15, -0.1) is 0 Å². The van der Waals surface area contributed by atoms with Gasteiger partial charge in [-0.3, -0.25) is 0 Å². The first-order chi connectivity index (χ1) is 10.0. The predicted octanol–water partition coefficient (Wildman–Crippen LogP) is 1.57. The minimum absolute atomic E-state index is 0.0517. The van der Waals surface area contributed by atoms with Gasteiger partial charge in [-0.25, -0.2) is 14.4 Å². The minimum Gasteiger partial charge on any atom is -0.496 e. The van der Waals surface area contributed by atoms with Crippen molar-refractivity contribution in [1.29, 1.82) is 0 Å². The van der Waals surface area contributed by atoms with E-state index in [1.54, 1.807) is 0 Å². The molecule has 0 aliphatic carbocycles. The van der Waals surface area contributed by atoms with Gasteiger partial charge >= 0.3 is 17.6 Å². The smallest absolute Gasteiger partial charge is 0.346 e. The largest absolute Gasteiger partial charge is 0.496 e. The van der Waals surface area contributed by atoms with Crippen molar-refractivity contribution in [1.82, 2.24) is 0 Å². The van der Waals surface area contributed by atoms with Crippen molar-refractivity contribution in [3.8, 4) is 11.5 Å². The molecule has 2 aromatic rings. The van der Waals surface area contributed by atoms with Crippen molar-refractivity contribution in [3.63, 3.8) is 0 Å². The van der Waals surface area contributed by atoms with Crippen LogP contribution in [0.5, 0.6) is 11.5 Å². The van der Waals surface area contributed by atoms with Crippen LogP contribution in [0.2, 0.25) is 0 Å². The molecule has 0 aliphatic heterocycles. The van der Waals surface area contributed by atoms with Crippen molar-refractivity contribution in [3.05, 3.63) is 58.1 Å². The first-order valence-corrected chi connectivity index (χ1v) is 5.73. The highest BCUT2D eigenvalue weighted by molar-refractivity contribution is 5.92. The lowest BCUT2D eigenvalue weighted by molar-refractivity contribution is 0.0693. The maximum atomic E-state index is 11.8. The molecular formula is C14H10O7. The summed E-state index contributed by atoms with van der Waals surface area (Å²) in [7, 11) is 1.30. The first-order valence-electron chi connectivity index (χ1n) is 5.73. The van der Waals surface area contributed by atoms with Crippen LogP contribution >= 0.6 is 0 Å². The van der Waals surface area contributed by atoms with Gasteiger partial charge in [-0.2, -0.15) is 0 Å². The topological polar surface area (TPSA) is 103 Å². The third kappa shape index (κ3) is 3.27. The molecule has 0 atom stereocenters. The van der Waals surface area contributed by atoms with Crippen LogP contribution in [0.4, 0.5) is 0 Å². The number of aromatic carboxylic acids is 1. The molecule has 0 bridgehead atoms. The Labute approximate surface area is 118 Å². The van der Waals surface area contributed by atoms with E-state index < -0.39 is 17.6 Å². The van der Waals surface area contributed by atoms with E-state index >= 15 is 0 Å². The Balaban J connectivity index is 2.23.